The second-order valence-corrected chi connectivity index (χ2v) is 8.27. The van der Waals surface area contributed by atoms with Gasteiger partial charge in [0.1, 0.15) is 11.4 Å². The Hall–Kier alpha value is -3.86. The fourth-order valence-electron chi connectivity index (χ4n) is 4.28. The Labute approximate surface area is 194 Å². The Morgan fingerprint density at radius 3 is 2.45 bits per heavy atom. The minimum Gasteiger partial charge on any atom is -0.497 e. The van der Waals surface area contributed by atoms with Gasteiger partial charge >= 0.3 is 0 Å². The van der Waals surface area contributed by atoms with Gasteiger partial charge in [-0.2, -0.15) is 0 Å². The molecule has 0 bridgehead atoms. The van der Waals surface area contributed by atoms with Crippen molar-refractivity contribution >= 4 is 17.4 Å². The van der Waals surface area contributed by atoms with E-state index in [2.05, 4.69) is 5.32 Å². The average Bonchev–Trinajstić information content (AvgIpc) is 2.82. The molecule has 5 heteroatoms. The number of fused-ring (bicyclic) bond motifs is 1. The van der Waals surface area contributed by atoms with E-state index in [1.54, 1.807) is 7.11 Å². The maximum absolute atomic E-state index is 13.4. The zero-order valence-electron chi connectivity index (χ0n) is 19.2. The monoisotopic (exact) mass is 440 g/mol. The summed E-state index contributed by atoms with van der Waals surface area (Å²) in [6.45, 7) is 2.59. The fourth-order valence-corrected chi connectivity index (χ4v) is 4.28. The Kier molecular flexibility index (Phi) is 6.59. The lowest BCUT2D eigenvalue weighted by atomic mass is 9.88. The van der Waals surface area contributed by atoms with Gasteiger partial charge in [-0.25, -0.2) is 0 Å². The van der Waals surface area contributed by atoms with Crippen LogP contribution in [0, 0.1) is 6.92 Å². The van der Waals surface area contributed by atoms with Gasteiger partial charge in [-0.05, 0) is 53.3 Å². The van der Waals surface area contributed by atoms with E-state index in [9.17, 15) is 9.59 Å². The lowest BCUT2D eigenvalue weighted by Gasteiger charge is -2.32. The molecule has 0 fully saturated rings. The molecule has 2 amide bonds. The molecule has 1 aliphatic heterocycles. The Morgan fingerprint density at radius 2 is 1.73 bits per heavy atom. The number of nitrogens with zero attached hydrogens (tertiary/aromatic N) is 1. The van der Waals surface area contributed by atoms with Crippen molar-refractivity contribution < 1.29 is 14.3 Å². The van der Waals surface area contributed by atoms with Crippen LogP contribution in [-0.2, 0) is 22.6 Å². The number of amides is 2. The number of benzene rings is 3. The molecule has 0 aliphatic carbocycles. The van der Waals surface area contributed by atoms with Gasteiger partial charge in [-0.1, -0.05) is 60.7 Å². The number of carbonyl (C=O) groups is 2. The first kappa shape index (κ1) is 22.3. The van der Waals surface area contributed by atoms with Crippen LogP contribution < -0.4 is 10.1 Å². The summed E-state index contributed by atoms with van der Waals surface area (Å²) in [5.74, 6) is 0.0495. The second kappa shape index (κ2) is 9.74. The zero-order chi connectivity index (χ0) is 23.4. The molecule has 1 aliphatic rings. The van der Waals surface area contributed by atoms with Crippen molar-refractivity contribution in [2.45, 2.75) is 26.3 Å². The lowest BCUT2D eigenvalue weighted by Crippen LogP contribution is -2.39. The number of methoxy groups -OCH3 is 1. The van der Waals surface area contributed by atoms with E-state index in [4.69, 9.17) is 4.74 Å². The lowest BCUT2D eigenvalue weighted by molar-refractivity contribution is -0.129. The van der Waals surface area contributed by atoms with Gasteiger partial charge < -0.3 is 9.64 Å². The van der Waals surface area contributed by atoms with Crippen LogP contribution in [0.15, 0.2) is 78.5 Å². The van der Waals surface area contributed by atoms with Crippen LogP contribution >= 0.6 is 0 Å². The van der Waals surface area contributed by atoms with Crippen LogP contribution in [0.25, 0.3) is 5.57 Å². The maximum atomic E-state index is 13.4. The van der Waals surface area contributed by atoms with E-state index in [0.29, 0.717) is 18.7 Å². The number of nitrogens with one attached hydrogen (secondary N) is 1. The van der Waals surface area contributed by atoms with Gasteiger partial charge in [0.15, 0.2) is 0 Å². The van der Waals surface area contributed by atoms with E-state index in [1.165, 1.54) is 0 Å². The van der Waals surface area contributed by atoms with Gasteiger partial charge in [0.2, 0.25) is 5.91 Å². The first-order valence-corrected chi connectivity index (χ1v) is 11.0. The number of aryl methyl sites for hydroxylation is 2. The topological polar surface area (TPSA) is 58.6 Å². The van der Waals surface area contributed by atoms with Crippen molar-refractivity contribution in [1.82, 2.24) is 10.2 Å². The summed E-state index contributed by atoms with van der Waals surface area (Å²) < 4.78 is 5.44. The molecule has 0 saturated heterocycles. The predicted molar refractivity (Wildman–Crippen MR) is 130 cm³/mol. The van der Waals surface area contributed by atoms with Gasteiger partial charge in [0.25, 0.3) is 5.91 Å². The second-order valence-electron chi connectivity index (χ2n) is 8.27. The molecule has 0 spiro atoms. The Balaban J connectivity index is 1.66. The minimum atomic E-state index is -0.389. The van der Waals surface area contributed by atoms with Crippen LogP contribution in [0.5, 0.6) is 5.75 Å². The molecule has 3 aromatic carbocycles. The van der Waals surface area contributed by atoms with Crippen LogP contribution in [-0.4, -0.2) is 30.9 Å². The third-order valence-corrected chi connectivity index (χ3v) is 6.03. The van der Waals surface area contributed by atoms with Gasteiger partial charge in [-0.15, -0.1) is 0 Å². The highest BCUT2D eigenvalue weighted by molar-refractivity contribution is 6.10. The fraction of sp³-hybridized carbons (Fsp3) is 0.214. The Morgan fingerprint density at radius 1 is 1.00 bits per heavy atom. The molecule has 5 nitrogen and oxygen atoms in total. The van der Waals surface area contributed by atoms with Crippen molar-refractivity contribution in [2.24, 2.45) is 0 Å². The molecular formula is C28H28N2O3. The molecule has 0 unspecified atom stereocenters. The number of ether oxygens (including phenoxy) is 1. The van der Waals surface area contributed by atoms with Crippen LogP contribution in [0.4, 0.5) is 0 Å². The van der Waals surface area contributed by atoms with Crippen LogP contribution in [0.2, 0.25) is 0 Å². The van der Waals surface area contributed by atoms with Gasteiger partial charge in [0, 0.05) is 25.6 Å². The van der Waals surface area contributed by atoms with Crippen LogP contribution in [0.3, 0.4) is 0 Å². The van der Waals surface area contributed by atoms with Crippen molar-refractivity contribution in [3.63, 3.8) is 0 Å². The number of likely N-dealkylation sites (N-methyl/N-ethyl adjacent to an activating group) is 1. The molecule has 0 aromatic heterocycles. The quantitative estimate of drug-likeness (QED) is 0.614. The molecule has 3 aromatic rings. The van der Waals surface area contributed by atoms with E-state index in [-0.39, 0.29) is 18.2 Å². The molecule has 1 N–H and O–H groups in total. The highest BCUT2D eigenvalue weighted by atomic mass is 16.5. The molecule has 0 radical (unpaired) electrons. The van der Waals surface area contributed by atoms with E-state index in [1.807, 2.05) is 91.7 Å². The SMILES string of the molecule is COc1ccc2c(c1)C(c1ccccc1)=C(C(=O)NC(=O)CCc1ccccc1C)N(C)C2. The largest absolute Gasteiger partial charge is 0.497 e. The summed E-state index contributed by atoms with van der Waals surface area (Å²) in [5, 5.41) is 2.62. The van der Waals surface area contributed by atoms with E-state index >= 15 is 0 Å². The Bertz CT molecular complexity index is 1210. The van der Waals surface area contributed by atoms with E-state index < -0.39 is 0 Å². The zero-order valence-corrected chi connectivity index (χ0v) is 19.2. The number of imide groups is 1. The van der Waals surface area contributed by atoms with Gasteiger partial charge in [-0.3, -0.25) is 14.9 Å². The van der Waals surface area contributed by atoms with Crippen molar-refractivity contribution in [3.8, 4) is 5.75 Å². The van der Waals surface area contributed by atoms with Crippen molar-refractivity contribution in [2.75, 3.05) is 14.2 Å². The number of carbonyl (C=O) groups excluding carboxylic acids is 2. The molecule has 33 heavy (non-hydrogen) atoms. The molecule has 1 heterocycles. The molecule has 0 atom stereocenters. The first-order valence-electron chi connectivity index (χ1n) is 11.0. The molecule has 168 valence electrons. The molecular weight excluding hydrogens is 412 g/mol. The standard InChI is InChI=1S/C28H28N2O3/c1-19-9-7-8-10-20(19)14-16-25(31)29-28(32)27-26(21-11-5-4-6-12-21)24-17-23(33-3)15-13-22(24)18-30(27)2/h4-13,15,17H,14,16,18H2,1-3H3,(H,29,31,32). The number of rotatable bonds is 6. The smallest absolute Gasteiger partial charge is 0.274 e. The summed E-state index contributed by atoms with van der Waals surface area (Å²) in [7, 11) is 3.51. The van der Waals surface area contributed by atoms with Crippen molar-refractivity contribution in [3.05, 3.63) is 106 Å². The summed E-state index contributed by atoms with van der Waals surface area (Å²) in [6, 6.07) is 23.7. The first-order chi connectivity index (χ1) is 16.0. The summed E-state index contributed by atoms with van der Waals surface area (Å²) in [4.78, 5) is 28.0. The third-order valence-electron chi connectivity index (χ3n) is 6.03. The molecule has 4 rings (SSSR count). The third kappa shape index (κ3) is 4.82. The normalized spacial score (nSPS) is 12.9. The highest BCUT2D eigenvalue weighted by Crippen LogP contribution is 2.37. The highest BCUT2D eigenvalue weighted by Gasteiger charge is 2.29. The van der Waals surface area contributed by atoms with E-state index in [0.717, 1.165) is 39.1 Å². The van der Waals surface area contributed by atoms with Gasteiger partial charge in [0.05, 0.1) is 7.11 Å². The summed E-state index contributed by atoms with van der Waals surface area (Å²) in [5.41, 5.74) is 6.48. The average molecular weight is 441 g/mol. The van der Waals surface area contributed by atoms with Crippen molar-refractivity contribution in [1.29, 1.82) is 0 Å². The number of hydrogen-bond acceptors (Lipinski definition) is 4. The maximum Gasteiger partial charge on any atom is 0.274 e. The molecule has 0 saturated carbocycles. The predicted octanol–water partition coefficient (Wildman–Crippen LogP) is 4.48. The number of hydrogen-bond donors (Lipinski definition) is 1. The summed E-state index contributed by atoms with van der Waals surface area (Å²) in [6.07, 6.45) is 0.838. The summed E-state index contributed by atoms with van der Waals surface area (Å²) >= 11 is 0. The van der Waals surface area contributed by atoms with Crippen LogP contribution in [0.1, 0.15) is 34.2 Å². The minimum absolute atomic E-state index is 0.249.